The quantitative estimate of drug-likeness (QED) is 0.350. The largest absolute Gasteiger partial charge is 0.482 e. The van der Waals surface area contributed by atoms with E-state index in [9.17, 15) is 9.59 Å². The standard InChI is InChI=1S/C25H23Br2ClN2O3/c1-29-25(32)22(13-17-5-3-2-4-6-17)30(15-18-7-9-19(26)10-8-18)24(31)16-33-23-12-11-20(27)14-21(23)28/h2-12,14,22H,13,15-16H2,1H3,(H,29,32). The highest BCUT2D eigenvalue weighted by molar-refractivity contribution is 9.10. The molecule has 0 aliphatic heterocycles. The van der Waals surface area contributed by atoms with E-state index < -0.39 is 6.04 Å². The summed E-state index contributed by atoms with van der Waals surface area (Å²) >= 11 is 13.0. The number of benzene rings is 3. The third kappa shape index (κ3) is 7.32. The first-order valence-electron chi connectivity index (χ1n) is 10.2. The van der Waals surface area contributed by atoms with Crippen molar-refractivity contribution in [3.63, 3.8) is 0 Å². The van der Waals surface area contributed by atoms with E-state index >= 15 is 0 Å². The molecule has 1 unspecified atom stereocenters. The van der Waals surface area contributed by atoms with Gasteiger partial charge in [-0.15, -0.1) is 0 Å². The van der Waals surface area contributed by atoms with Gasteiger partial charge in [-0.3, -0.25) is 9.59 Å². The first kappa shape index (κ1) is 25.3. The second-order valence-corrected chi connectivity index (χ2v) is 9.57. The van der Waals surface area contributed by atoms with Gasteiger partial charge in [0.15, 0.2) is 6.61 Å². The van der Waals surface area contributed by atoms with Crippen molar-refractivity contribution in [2.75, 3.05) is 13.7 Å². The summed E-state index contributed by atoms with van der Waals surface area (Å²) in [5, 5.41) is 3.09. The van der Waals surface area contributed by atoms with Gasteiger partial charge in [0.2, 0.25) is 5.91 Å². The van der Waals surface area contributed by atoms with Crippen LogP contribution in [0.1, 0.15) is 11.1 Å². The molecular weight excluding hydrogens is 572 g/mol. The van der Waals surface area contributed by atoms with Gasteiger partial charge >= 0.3 is 0 Å². The van der Waals surface area contributed by atoms with Crippen molar-refractivity contribution >= 4 is 55.3 Å². The average Bonchev–Trinajstić information content (AvgIpc) is 2.82. The lowest BCUT2D eigenvalue weighted by Crippen LogP contribution is -2.51. The van der Waals surface area contributed by atoms with Crippen LogP contribution in [0.15, 0.2) is 81.7 Å². The summed E-state index contributed by atoms with van der Waals surface area (Å²) in [5.41, 5.74) is 1.85. The minimum Gasteiger partial charge on any atom is -0.482 e. The second kappa shape index (κ2) is 12.2. The van der Waals surface area contributed by atoms with Gasteiger partial charge in [0.05, 0.1) is 5.02 Å². The number of ether oxygens (including phenoxy) is 1. The van der Waals surface area contributed by atoms with E-state index in [1.54, 1.807) is 30.1 Å². The van der Waals surface area contributed by atoms with Crippen LogP contribution in [0.5, 0.6) is 5.75 Å². The molecular formula is C25H23Br2ClN2O3. The van der Waals surface area contributed by atoms with E-state index in [1.165, 1.54) is 0 Å². The molecule has 0 aromatic heterocycles. The Labute approximate surface area is 215 Å². The Bertz CT molecular complexity index is 1090. The van der Waals surface area contributed by atoms with E-state index in [0.717, 1.165) is 20.1 Å². The van der Waals surface area contributed by atoms with Crippen LogP contribution in [0.25, 0.3) is 0 Å². The van der Waals surface area contributed by atoms with Crippen LogP contribution in [0.2, 0.25) is 5.02 Å². The predicted molar refractivity (Wildman–Crippen MR) is 137 cm³/mol. The zero-order valence-electron chi connectivity index (χ0n) is 17.9. The SMILES string of the molecule is CNC(=O)C(Cc1ccccc1)N(Cc1ccc(Br)cc1)C(=O)COc1ccc(Br)cc1Cl. The second-order valence-electron chi connectivity index (χ2n) is 7.33. The first-order chi connectivity index (χ1) is 15.9. The van der Waals surface area contributed by atoms with Crippen molar-refractivity contribution in [1.82, 2.24) is 10.2 Å². The van der Waals surface area contributed by atoms with E-state index in [2.05, 4.69) is 37.2 Å². The zero-order valence-corrected chi connectivity index (χ0v) is 21.9. The molecule has 8 heteroatoms. The Morgan fingerprint density at radius 3 is 2.27 bits per heavy atom. The highest BCUT2D eigenvalue weighted by Crippen LogP contribution is 2.28. The molecule has 2 amide bonds. The van der Waals surface area contributed by atoms with E-state index in [-0.39, 0.29) is 25.0 Å². The number of nitrogens with one attached hydrogen (secondary N) is 1. The van der Waals surface area contributed by atoms with Gasteiger partial charge in [-0.25, -0.2) is 0 Å². The maximum Gasteiger partial charge on any atom is 0.261 e. The molecule has 1 N–H and O–H groups in total. The summed E-state index contributed by atoms with van der Waals surface area (Å²) in [4.78, 5) is 27.8. The number of hydrogen-bond donors (Lipinski definition) is 1. The van der Waals surface area contributed by atoms with Gasteiger partial charge in [-0.05, 0) is 41.5 Å². The van der Waals surface area contributed by atoms with Crippen LogP contribution >= 0.6 is 43.5 Å². The number of amides is 2. The van der Waals surface area contributed by atoms with E-state index in [0.29, 0.717) is 17.2 Å². The summed E-state index contributed by atoms with van der Waals surface area (Å²) < 4.78 is 7.47. The van der Waals surface area contributed by atoms with Gasteiger partial charge in [0.25, 0.3) is 5.91 Å². The summed E-state index contributed by atoms with van der Waals surface area (Å²) in [6.07, 6.45) is 0.377. The third-order valence-electron chi connectivity index (χ3n) is 5.03. The Morgan fingerprint density at radius 1 is 0.970 bits per heavy atom. The van der Waals surface area contributed by atoms with Crippen LogP contribution in [0.3, 0.4) is 0 Å². The molecule has 33 heavy (non-hydrogen) atoms. The van der Waals surface area contributed by atoms with Crippen molar-refractivity contribution in [2.24, 2.45) is 0 Å². The molecule has 0 aliphatic rings. The fraction of sp³-hybridized carbons (Fsp3) is 0.200. The Kier molecular flexibility index (Phi) is 9.35. The van der Waals surface area contributed by atoms with Crippen LogP contribution in [-0.4, -0.2) is 36.4 Å². The molecule has 3 aromatic rings. The van der Waals surface area contributed by atoms with Gasteiger partial charge in [0.1, 0.15) is 11.8 Å². The van der Waals surface area contributed by atoms with Crippen molar-refractivity contribution in [2.45, 2.75) is 19.0 Å². The molecule has 0 aliphatic carbocycles. The van der Waals surface area contributed by atoms with Crippen molar-refractivity contribution < 1.29 is 14.3 Å². The lowest BCUT2D eigenvalue weighted by molar-refractivity contribution is -0.142. The summed E-state index contributed by atoms with van der Waals surface area (Å²) in [7, 11) is 1.57. The van der Waals surface area contributed by atoms with Crippen LogP contribution in [0, 0.1) is 0 Å². The summed E-state index contributed by atoms with van der Waals surface area (Å²) in [6, 6.07) is 21.7. The molecule has 0 radical (unpaired) electrons. The fourth-order valence-corrected chi connectivity index (χ4v) is 4.31. The molecule has 3 aromatic carbocycles. The predicted octanol–water partition coefficient (Wildman–Crippen LogP) is 5.63. The van der Waals surface area contributed by atoms with Gasteiger partial charge in [-0.1, -0.05) is 85.9 Å². The zero-order chi connectivity index (χ0) is 23.8. The van der Waals surface area contributed by atoms with Crippen molar-refractivity contribution in [1.29, 1.82) is 0 Å². The average molecular weight is 595 g/mol. The van der Waals surface area contributed by atoms with E-state index in [4.69, 9.17) is 16.3 Å². The Balaban J connectivity index is 1.87. The molecule has 172 valence electrons. The van der Waals surface area contributed by atoms with E-state index in [1.807, 2.05) is 54.6 Å². The minimum absolute atomic E-state index is 0.244. The molecule has 0 heterocycles. The maximum absolute atomic E-state index is 13.4. The molecule has 0 fully saturated rings. The molecule has 0 saturated carbocycles. The summed E-state index contributed by atoms with van der Waals surface area (Å²) in [5.74, 6) is -0.163. The monoisotopic (exact) mass is 592 g/mol. The number of carbonyl (C=O) groups excluding carboxylic acids is 2. The molecule has 3 rings (SSSR count). The van der Waals surface area contributed by atoms with Gasteiger partial charge < -0.3 is 15.0 Å². The molecule has 0 bridgehead atoms. The lowest BCUT2D eigenvalue weighted by atomic mass is 10.0. The van der Waals surface area contributed by atoms with Crippen LogP contribution < -0.4 is 10.1 Å². The minimum atomic E-state index is -0.711. The summed E-state index contributed by atoms with van der Waals surface area (Å²) in [6.45, 7) is 0.00856. The highest BCUT2D eigenvalue weighted by atomic mass is 79.9. The lowest BCUT2D eigenvalue weighted by Gasteiger charge is -2.31. The maximum atomic E-state index is 13.4. The molecule has 0 spiro atoms. The smallest absolute Gasteiger partial charge is 0.261 e. The van der Waals surface area contributed by atoms with Crippen LogP contribution in [0.4, 0.5) is 0 Å². The molecule has 5 nitrogen and oxygen atoms in total. The normalized spacial score (nSPS) is 11.5. The van der Waals surface area contributed by atoms with Crippen molar-refractivity contribution in [3.8, 4) is 5.75 Å². The third-order valence-corrected chi connectivity index (χ3v) is 6.35. The number of hydrogen-bond acceptors (Lipinski definition) is 3. The number of likely N-dealkylation sites (N-methyl/N-ethyl adjacent to an activating group) is 1. The number of halogens is 3. The highest BCUT2D eigenvalue weighted by Gasteiger charge is 2.30. The topological polar surface area (TPSA) is 58.6 Å². The number of nitrogens with zero attached hydrogens (tertiary/aromatic N) is 1. The molecule has 0 saturated heterocycles. The first-order valence-corrected chi connectivity index (χ1v) is 12.2. The number of carbonyl (C=O) groups is 2. The Hall–Kier alpha value is -2.35. The van der Waals surface area contributed by atoms with Gasteiger partial charge in [0, 0.05) is 29.0 Å². The van der Waals surface area contributed by atoms with Gasteiger partial charge in [-0.2, -0.15) is 0 Å². The van der Waals surface area contributed by atoms with Crippen LogP contribution in [-0.2, 0) is 22.6 Å². The Morgan fingerprint density at radius 2 is 1.64 bits per heavy atom. The number of rotatable bonds is 9. The fourth-order valence-electron chi connectivity index (χ4n) is 3.32. The molecule has 1 atom stereocenters. The van der Waals surface area contributed by atoms with Crippen molar-refractivity contribution in [3.05, 3.63) is 97.9 Å².